The second kappa shape index (κ2) is 10.1. The number of guanidine groups is 1. The summed E-state index contributed by atoms with van der Waals surface area (Å²) < 4.78 is 0. The van der Waals surface area contributed by atoms with E-state index in [2.05, 4.69) is 126 Å². The molecule has 1 aliphatic rings. The summed E-state index contributed by atoms with van der Waals surface area (Å²) in [6, 6.07) is 28.3. The maximum Gasteiger partial charge on any atom is 0.196 e. The highest BCUT2D eigenvalue weighted by Crippen LogP contribution is 2.37. The van der Waals surface area contributed by atoms with Gasteiger partial charge in [0, 0.05) is 12.4 Å². The van der Waals surface area contributed by atoms with Gasteiger partial charge < -0.3 is 10.6 Å². The van der Waals surface area contributed by atoms with Crippen LogP contribution in [0.15, 0.2) is 83.9 Å². The summed E-state index contributed by atoms with van der Waals surface area (Å²) in [5.74, 6) is 1.03. The van der Waals surface area contributed by atoms with Crippen molar-refractivity contribution >= 4 is 34.6 Å². The lowest BCUT2D eigenvalue weighted by Gasteiger charge is -2.24. The van der Waals surface area contributed by atoms with Gasteiger partial charge in [0.1, 0.15) is 6.04 Å². The Labute approximate surface area is 227 Å². The van der Waals surface area contributed by atoms with Crippen LogP contribution in [0.1, 0.15) is 86.4 Å². The fraction of sp³-hybridized carbons (Fsp3) is 0.286. The molecule has 0 aromatic heterocycles. The molecule has 5 rings (SSSR count). The minimum absolute atomic E-state index is 0.0963. The van der Waals surface area contributed by atoms with Gasteiger partial charge in [-0.2, -0.15) is 0 Å². The molecule has 4 aromatic rings. The van der Waals surface area contributed by atoms with E-state index < -0.39 is 0 Å². The van der Waals surface area contributed by atoms with E-state index >= 15 is 0 Å². The van der Waals surface area contributed by atoms with Crippen LogP contribution in [0.2, 0.25) is 0 Å². The predicted molar refractivity (Wildman–Crippen MR) is 165 cm³/mol. The largest absolute Gasteiger partial charge is 0.369 e. The van der Waals surface area contributed by atoms with Gasteiger partial charge in [-0.15, -0.1) is 0 Å². The molecule has 2 atom stereocenters. The van der Waals surface area contributed by atoms with Crippen molar-refractivity contribution in [1.82, 2.24) is 0 Å². The lowest BCUT2D eigenvalue weighted by atomic mass is 9.85. The standard InChI is InChI=1S/C35H39N3/c1-7-23(2)24-11-15-27(16-12-24)33(28-17-20-29(21-18-28)35(3,4)5)37-34(36)38(6)31-22-19-26-14-13-25-9-8-10-30(31)32(25)26/h8-23,33H,7H2,1-6H3,(H2,36,37). The number of benzene rings is 4. The Balaban J connectivity index is 1.55. The Bertz CT molecular complexity index is 1490. The monoisotopic (exact) mass is 501 g/mol. The molecule has 2 unspecified atom stereocenters. The number of hydrogen-bond donors (Lipinski definition) is 1. The van der Waals surface area contributed by atoms with Crippen LogP contribution >= 0.6 is 0 Å². The molecule has 0 radical (unpaired) electrons. The Morgan fingerprint density at radius 2 is 1.39 bits per heavy atom. The third-order valence-electron chi connectivity index (χ3n) is 8.02. The van der Waals surface area contributed by atoms with E-state index in [0.29, 0.717) is 11.9 Å². The number of rotatable bonds is 6. The van der Waals surface area contributed by atoms with Crippen molar-refractivity contribution in [1.29, 1.82) is 0 Å². The second-order valence-electron chi connectivity index (χ2n) is 11.6. The molecular weight excluding hydrogens is 462 g/mol. The van der Waals surface area contributed by atoms with Crippen molar-refractivity contribution in [3.8, 4) is 0 Å². The highest BCUT2D eigenvalue weighted by Gasteiger charge is 2.20. The summed E-state index contributed by atoms with van der Waals surface area (Å²) in [4.78, 5) is 7.17. The van der Waals surface area contributed by atoms with Gasteiger partial charge in [-0.3, -0.25) is 0 Å². The summed E-state index contributed by atoms with van der Waals surface area (Å²) in [6.07, 6.45) is 5.48. The zero-order valence-electron chi connectivity index (χ0n) is 23.5. The first kappa shape index (κ1) is 25.8. The van der Waals surface area contributed by atoms with E-state index in [1.54, 1.807) is 0 Å². The van der Waals surface area contributed by atoms with Crippen molar-refractivity contribution in [2.45, 2.75) is 58.4 Å². The molecule has 0 spiro atoms. The smallest absolute Gasteiger partial charge is 0.196 e. The summed E-state index contributed by atoms with van der Waals surface area (Å²) in [6.45, 7) is 11.2. The van der Waals surface area contributed by atoms with Gasteiger partial charge >= 0.3 is 0 Å². The number of hydrogen-bond acceptors (Lipinski definition) is 1. The summed E-state index contributed by atoms with van der Waals surface area (Å²) in [7, 11) is 2.01. The van der Waals surface area contributed by atoms with E-state index in [0.717, 1.165) is 23.2 Å². The van der Waals surface area contributed by atoms with Gasteiger partial charge in [0.25, 0.3) is 0 Å². The maximum atomic E-state index is 6.77. The summed E-state index contributed by atoms with van der Waals surface area (Å²) in [5, 5.41) is 2.47. The first-order valence-corrected chi connectivity index (χ1v) is 13.7. The van der Waals surface area contributed by atoms with Crippen LogP contribution in [0.4, 0.5) is 5.69 Å². The molecule has 0 bridgehead atoms. The zero-order valence-corrected chi connectivity index (χ0v) is 23.5. The van der Waals surface area contributed by atoms with Crippen molar-refractivity contribution in [2.75, 3.05) is 11.9 Å². The molecule has 3 nitrogen and oxygen atoms in total. The third-order valence-corrected chi connectivity index (χ3v) is 8.02. The molecule has 2 N–H and O–H groups in total. The highest BCUT2D eigenvalue weighted by atomic mass is 15.2. The molecule has 38 heavy (non-hydrogen) atoms. The Kier molecular flexibility index (Phi) is 6.88. The first-order valence-electron chi connectivity index (χ1n) is 13.7. The molecule has 0 saturated carbocycles. The van der Waals surface area contributed by atoms with Crippen LogP contribution in [-0.4, -0.2) is 13.0 Å². The van der Waals surface area contributed by atoms with E-state index in [1.165, 1.54) is 33.0 Å². The van der Waals surface area contributed by atoms with Crippen LogP contribution in [0, 0.1) is 0 Å². The third kappa shape index (κ3) is 4.86. The van der Waals surface area contributed by atoms with Crippen LogP contribution in [-0.2, 0) is 5.41 Å². The van der Waals surface area contributed by atoms with Crippen LogP contribution in [0.5, 0.6) is 0 Å². The van der Waals surface area contributed by atoms with Crippen LogP contribution in [0.3, 0.4) is 0 Å². The molecule has 194 valence electrons. The average molecular weight is 502 g/mol. The lowest BCUT2D eigenvalue weighted by Crippen LogP contribution is -2.34. The molecule has 3 heteroatoms. The number of aliphatic imine (C=N–C) groups is 1. The Hall–Kier alpha value is -3.85. The van der Waals surface area contributed by atoms with Gasteiger partial charge in [-0.1, -0.05) is 120 Å². The molecular formula is C35H39N3. The van der Waals surface area contributed by atoms with E-state index in [4.69, 9.17) is 10.7 Å². The molecule has 0 fully saturated rings. The highest BCUT2D eigenvalue weighted by molar-refractivity contribution is 6.12. The van der Waals surface area contributed by atoms with Crippen molar-refractivity contribution < 1.29 is 0 Å². The SMILES string of the molecule is CCC(C)c1ccc(C(N=C(N)N(C)c2ccc3c4c(cccc24)C=C3)c2ccc(C(C)(C)C)cc2)cc1. The Morgan fingerprint density at radius 3 is 2.00 bits per heavy atom. The fourth-order valence-electron chi connectivity index (χ4n) is 5.29. The van der Waals surface area contributed by atoms with Crippen molar-refractivity contribution in [3.05, 3.63) is 112 Å². The second-order valence-corrected chi connectivity index (χ2v) is 11.6. The van der Waals surface area contributed by atoms with E-state index in [1.807, 2.05) is 11.9 Å². The molecule has 1 aliphatic carbocycles. The average Bonchev–Trinajstić information content (AvgIpc) is 3.35. The molecule has 0 aliphatic heterocycles. The van der Waals surface area contributed by atoms with Gasteiger partial charge in [0.05, 0.1) is 5.69 Å². The van der Waals surface area contributed by atoms with Gasteiger partial charge in [0.15, 0.2) is 5.96 Å². The van der Waals surface area contributed by atoms with Crippen LogP contribution < -0.4 is 10.6 Å². The van der Waals surface area contributed by atoms with Crippen LogP contribution in [0.25, 0.3) is 22.9 Å². The van der Waals surface area contributed by atoms with Gasteiger partial charge in [0.2, 0.25) is 0 Å². The van der Waals surface area contributed by atoms with E-state index in [9.17, 15) is 0 Å². The quantitative estimate of drug-likeness (QED) is 0.187. The first-order chi connectivity index (χ1) is 18.2. The minimum Gasteiger partial charge on any atom is -0.369 e. The predicted octanol–water partition coefficient (Wildman–Crippen LogP) is 8.68. The molecule has 0 amide bonds. The van der Waals surface area contributed by atoms with E-state index in [-0.39, 0.29) is 11.5 Å². The summed E-state index contributed by atoms with van der Waals surface area (Å²) in [5.41, 5.74) is 15.4. The molecule has 4 aromatic carbocycles. The van der Waals surface area contributed by atoms with Gasteiger partial charge in [-0.05, 0) is 62.6 Å². The van der Waals surface area contributed by atoms with Gasteiger partial charge in [-0.25, -0.2) is 4.99 Å². The summed E-state index contributed by atoms with van der Waals surface area (Å²) >= 11 is 0. The number of nitrogens with zero attached hydrogens (tertiary/aromatic N) is 2. The zero-order chi connectivity index (χ0) is 27.0. The topological polar surface area (TPSA) is 41.6 Å². The fourth-order valence-corrected chi connectivity index (χ4v) is 5.29. The van der Waals surface area contributed by atoms with Crippen molar-refractivity contribution in [3.63, 3.8) is 0 Å². The lowest BCUT2D eigenvalue weighted by molar-refractivity contribution is 0.589. The normalized spacial score (nSPS) is 14.6. The van der Waals surface area contributed by atoms with Crippen molar-refractivity contribution in [2.24, 2.45) is 10.7 Å². The number of anilines is 1. The Morgan fingerprint density at radius 1 is 0.816 bits per heavy atom. The maximum absolute atomic E-state index is 6.77. The minimum atomic E-state index is -0.198. The molecule has 0 saturated heterocycles. The molecule has 0 heterocycles. The number of nitrogens with two attached hydrogens (primary N) is 1.